The number of nitrogens with one attached hydrogen (secondary N) is 1. The number of nitrogens with zero attached hydrogens (tertiary/aromatic N) is 2. The molecule has 0 aliphatic carbocycles. The minimum atomic E-state index is 0.0253. The Labute approximate surface area is 164 Å². The standard InChI is InChI=1S/C20H23Cl2N3O/c1-15-6-7-17(21)12-19(15)25-10-8-24(9-11-25)14-20(26)23-13-16-4-2-3-5-18(16)22/h2-7,12H,8-11,13-14H2,1H3,(H,23,26). The van der Waals surface area contributed by atoms with Crippen molar-refractivity contribution in [3.63, 3.8) is 0 Å². The average Bonchev–Trinajstić information content (AvgIpc) is 2.64. The van der Waals surface area contributed by atoms with Gasteiger partial charge in [0.25, 0.3) is 0 Å². The van der Waals surface area contributed by atoms with Gasteiger partial charge in [-0.05, 0) is 36.2 Å². The van der Waals surface area contributed by atoms with Gasteiger partial charge in [-0.2, -0.15) is 0 Å². The zero-order valence-electron chi connectivity index (χ0n) is 14.8. The number of piperazine rings is 1. The van der Waals surface area contributed by atoms with Crippen molar-refractivity contribution in [2.45, 2.75) is 13.5 Å². The molecule has 0 radical (unpaired) electrons. The van der Waals surface area contributed by atoms with Crippen molar-refractivity contribution in [1.29, 1.82) is 0 Å². The number of rotatable bonds is 5. The molecule has 2 aromatic rings. The van der Waals surface area contributed by atoms with Crippen LogP contribution in [0.2, 0.25) is 10.0 Å². The maximum Gasteiger partial charge on any atom is 0.234 e. The highest BCUT2D eigenvalue weighted by Crippen LogP contribution is 2.25. The lowest BCUT2D eigenvalue weighted by atomic mass is 10.1. The number of amides is 1. The van der Waals surface area contributed by atoms with Gasteiger partial charge in [0.15, 0.2) is 0 Å². The van der Waals surface area contributed by atoms with Crippen LogP contribution >= 0.6 is 23.2 Å². The van der Waals surface area contributed by atoms with Crippen LogP contribution < -0.4 is 10.2 Å². The predicted molar refractivity (Wildman–Crippen MR) is 108 cm³/mol. The van der Waals surface area contributed by atoms with E-state index in [9.17, 15) is 4.79 Å². The summed E-state index contributed by atoms with van der Waals surface area (Å²) in [7, 11) is 0. The number of carbonyl (C=O) groups excluding carboxylic acids is 1. The molecule has 3 rings (SSSR count). The second kappa shape index (κ2) is 8.76. The Hall–Kier alpha value is -1.75. The molecule has 1 amide bonds. The van der Waals surface area contributed by atoms with E-state index in [0.717, 1.165) is 36.8 Å². The zero-order valence-corrected chi connectivity index (χ0v) is 16.4. The average molecular weight is 392 g/mol. The molecule has 0 spiro atoms. The van der Waals surface area contributed by atoms with Crippen molar-refractivity contribution in [2.75, 3.05) is 37.6 Å². The van der Waals surface area contributed by atoms with Crippen molar-refractivity contribution in [3.8, 4) is 0 Å². The first-order chi connectivity index (χ1) is 12.5. The predicted octanol–water partition coefficient (Wildman–Crippen LogP) is 3.74. The van der Waals surface area contributed by atoms with Gasteiger partial charge in [-0.25, -0.2) is 0 Å². The fourth-order valence-electron chi connectivity index (χ4n) is 3.16. The Morgan fingerprint density at radius 3 is 2.54 bits per heavy atom. The van der Waals surface area contributed by atoms with Gasteiger partial charge in [-0.15, -0.1) is 0 Å². The normalized spacial score (nSPS) is 15.1. The lowest BCUT2D eigenvalue weighted by Crippen LogP contribution is -2.49. The fraction of sp³-hybridized carbons (Fsp3) is 0.350. The summed E-state index contributed by atoms with van der Waals surface area (Å²) in [6.07, 6.45) is 0. The number of hydrogen-bond acceptors (Lipinski definition) is 3. The molecule has 1 fully saturated rings. The van der Waals surface area contributed by atoms with Gasteiger partial charge < -0.3 is 10.2 Å². The van der Waals surface area contributed by atoms with Gasteiger partial charge in [0.1, 0.15) is 0 Å². The molecule has 6 heteroatoms. The van der Waals surface area contributed by atoms with Crippen molar-refractivity contribution < 1.29 is 4.79 Å². The second-order valence-corrected chi connectivity index (χ2v) is 7.41. The van der Waals surface area contributed by atoms with E-state index >= 15 is 0 Å². The van der Waals surface area contributed by atoms with Crippen LogP contribution in [0.4, 0.5) is 5.69 Å². The molecule has 0 unspecified atom stereocenters. The molecule has 4 nitrogen and oxygen atoms in total. The highest BCUT2D eigenvalue weighted by molar-refractivity contribution is 6.31. The Kier molecular flexibility index (Phi) is 6.41. The Morgan fingerprint density at radius 1 is 1.08 bits per heavy atom. The molecule has 0 aromatic heterocycles. The van der Waals surface area contributed by atoms with Crippen molar-refractivity contribution in [1.82, 2.24) is 10.2 Å². The van der Waals surface area contributed by atoms with E-state index in [0.29, 0.717) is 18.1 Å². The summed E-state index contributed by atoms with van der Waals surface area (Å²) in [6, 6.07) is 13.5. The van der Waals surface area contributed by atoms with Gasteiger partial charge in [-0.1, -0.05) is 47.5 Å². The molecule has 138 valence electrons. The first-order valence-electron chi connectivity index (χ1n) is 8.76. The zero-order chi connectivity index (χ0) is 18.5. The third kappa shape index (κ3) is 4.91. The monoisotopic (exact) mass is 391 g/mol. The maximum absolute atomic E-state index is 12.2. The van der Waals surface area contributed by atoms with E-state index < -0.39 is 0 Å². The minimum absolute atomic E-state index is 0.0253. The van der Waals surface area contributed by atoms with Crippen molar-refractivity contribution >= 4 is 34.8 Å². The SMILES string of the molecule is Cc1ccc(Cl)cc1N1CCN(CC(=O)NCc2ccccc2Cl)CC1. The molecule has 0 atom stereocenters. The quantitative estimate of drug-likeness (QED) is 0.842. The van der Waals surface area contributed by atoms with E-state index in [1.807, 2.05) is 42.5 Å². The summed E-state index contributed by atoms with van der Waals surface area (Å²) in [5.41, 5.74) is 3.34. The third-order valence-corrected chi connectivity index (χ3v) is 5.29. The Morgan fingerprint density at radius 2 is 1.81 bits per heavy atom. The number of benzene rings is 2. The molecule has 2 aromatic carbocycles. The minimum Gasteiger partial charge on any atom is -0.369 e. The molecule has 1 aliphatic heterocycles. The molecule has 1 N–H and O–H groups in total. The van der Waals surface area contributed by atoms with Crippen LogP contribution in [-0.2, 0) is 11.3 Å². The summed E-state index contributed by atoms with van der Waals surface area (Å²) >= 11 is 12.3. The molecule has 1 saturated heterocycles. The summed E-state index contributed by atoms with van der Waals surface area (Å²) < 4.78 is 0. The third-order valence-electron chi connectivity index (χ3n) is 4.69. The summed E-state index contributed by atoms with van der Waals surface area (Å²) in [5.74, 6) is 0.0253. The lowest BCUT2D eigenvalue weighted by molar-refractivity contribution is -0.122. The number of hydrogen-bond donors (Lipinski definition) is 1. The van der Waals surface area contributed by atoms with E-state index in [4.69, 9.17) is 23.2 Å². The maximum atomic E-state index is 12.2. The van der Waals surface area contributed by atoms with Crippen LogP contribution in [0.3, 0.4) is 0 Å². The molecule has 1 heterocycles. The van der Waals surface area contributed by atoms with Gasteiger partial charge in [-0.3, -0.25) is 9.69 Å². The van der Waals surface area contributed by atoms with Gasteiger partial charge in [0, 0.05) is 48.5 Å². The molecule has 1 aliphatic rings. The van der Waals surface area contributed by atoms with E-state index in [2.05, 4.69) is 22.0 Å². The number of carbonyl (C=O) groups is 1. The van der Waals surface area contributed by atoms with Gasteiger partial charge >= 0.3 is 0 Å². The van der Waals surface area contributed by atoms with E-state index in [1.54, 1.807) is 0 Å². The number of aryl methyl sites for hydroxylation is 1. The largest absolute Gasteiger partial charge is 0.369 e. The first-order valence-corrected chi connectivity index (χ1v) is 9.52. The lowest BCUT2D eigenvalue weighted by Gasteiger charge is -2.36. The molecular weight excluding hydrogens is 369 g/mol. The number of anilines is 1. The molecule has 0 saturated carbocycles. The van der Waals surface area contributed by atoms with Crippen LogP contribution in [0.5, 0.6) is 0 Å². The van der Waals surface area contributed by atoms with Crippen LogP contribution in [0.25, 0.3) is 0 Å². The first kappa shape index (κ1) is 19.0. The smallest absolute Gasteiger partial charge is 0.234 e. The Bertz CT molecular complexity index is 773. The highest BCUT2D eigenvalue weighted by Gasteiger charge is 2.20. The summed E-state index contributed by atoms with van der Waals surface area (Å²) in [6.45, 7) is 6.45. The Balaban J connectivity index is 1.47. The van der Waals surface area contributed by atoms with Gasteiger partial charge in [0.05, 0.1) is 6.54 Å². The highest BCUT2D eigenvalue weighted by atomic mass is 35.5. The topological polar surface area (TPSA) is 35.6 Å². The molecular formula is C20H23Cl2N3O. The van der Waals surface area contributed by atoms with Crippen LogP contribution in [-0.4, -0.2) is 43.5 Å². The van der Waals surface area contributed by atoms with Gasteiger partial charge in [0.2, 0.25) is 5.91 Å². The van der Waals surface area contributed by atoms with Crippen LogP contribution in [0.1, 0.15) is 11.1 Å². The molecule has 26 heavy (non-hydrogen) atoms. The van der Waals surface area contributed by atoms with Crippen LogP contribution in [0.15, 0.2) is 42.5 Å². The summed E-state index contributed by atoms with van der Waals surface area (Å²) in [4.78, 5) is 16.7. The van der Waals surface area contributed by atoms with Crippen molar-refractivity contribution in [2.24, 2.45) is 0 Å². The van der Waals surface area contributed by atoms with E-state index in [-0.39, 0.29) is 5.91 Å². The van der Waals surface area contributed by atoms with E-state index in [1.165, 1.54) is 11.3 Å². The fourth-order valence-corrected chi connectivity index (χ4v) is 3.53. The molecule has 0 bridgehead atoms. The number of halogens is 2. The van der Waals surface area contributed by atoms with Crippen molar-refractivity contribution in [3.05, 3.63) is 63.6 Å². The second-order valence-electron chi connectivity index (χ2n) is 6.56. The summed E-state index contributed by atoms with van der Waals surface area (Å²) in [5, 5.41) is 4.39. The van der Waals surface area contributed by atoms with Crippen LogP contribution in [0, 0.1) is 6.92 Å².